The molecular weight excluding hydrogens is 326 g/mol. The van der Waals surface area contributed by atoms with Crippen molar-refractivity contribution in [1.29, 1.82) is 0 Å². The molecule has 1 aromatic carbocycles. The lowest BCUT2D eigenvalue weighted by Gasteiger charge is -2.31. The Kier molecular flexibility index (Phi) is 10.3. The van der Waals surface area contributed by atoms with Crippen LogP contribution in [0.25, 0.3) is 0 Å². The molecule has 0 bridgehead atoms. The highest BCUT2D eigenvalue weighted by Crippen LogP contribution is 2.15. The first-order valence-electron chi connectivity index (χ1n) is 8.20. The number of carbonyl (C=O) groups excluding carboxylic acids is 2. The maximum atomic E-state index is 12.0. The van der Waals surface area contributed by atoms with Gasteiger partial charge in [-0.1, -0.05) is 32.0 Å². The lowest BCUT2D eigenvalue weighted by atomic mass is 9.90. The van der Waals surface area contributed by atoms with E-state index in [0.29, 0.717) is 37.4 Å². The quantitative estimate of drug-likeness (QED) is 0.595. The van der Waals surface area contributed by atoms with Gasteiger partial charge in [-0.15, -0.1) is 12.4 Å². The van der Waals surface area contributed by atoms with Crippen LogP contribution < -0.4 is 16.4 Å². The fraction of sp³-hybridized carbons (Fsp3) is 0.556. The average Bonchev–Trinajstić information content (AvgIpc) is 2.51. The molecule has 0 heterocycles. The van der Waals surface area contributed by atoms with Gasteiger partial charge in [0, 0.05) is 30.6 Å². The predicted octanol–water partition coefficient (Wildman–Crippen LogP) is 2.50. The van der Waals surface area contributed by atoms with Gasteiger partial charge in [-0.25, -0.2) is 0 Å². The van der Waals surface area contributed by atoms with Crippen LogP contribution in [0.2, 0.25) is 0 Å². The van der Waals surface area contributed by atoms with E-state index in [9.17, 15) is 9.59 Å². The van der Waals surface area contributed by atoms with Crippen LogP contribution >= 0.6 is 12.4 Å². The smallest absolute Gasteiger partial charge is 0.251 e. The SMILES string of the molecule is CC(C)CC(C)(CN)NC(=O)CCCNC(=O)c1ccccc1.Cl. The number of hydrogen-bond donors (Lipinski definition) is 3. The summed E-state index contributed by atoms with van der Waals surface area (Å²) in [7, 11) is 0. The third kappa shape index (κ3) is 8.31. The zero-order valence-electron chi connectivity index (χ0n) is 14.8. The Labute approximate surface area is 151 Å². The normalized spacial score (nSPS) is 12.9. The number of hydrogen-bond acceptors (Lipinski definition) is 3. The molecule has 1 atom stereocenters. The zero-order valence-corrected chi connectivity index (χ0v) is 15.6. The third-order valence-electron chi connectivity index (χ3n) is 3.65. The molecule has 0 aliphatic heterocycles. The van der Waals surface area contributed by atoms with Crippen LogP contribution in [0.1, 0.15) is 50.4 Å². The van der Waals surface area contributed by atoms with E-state index in [4.69, 9.17) is 5.73 Å². The molecule has 0 aliphatic rings. The highest BCUT2D eigenvalue weighted by molar-refractivity contribution is 5.94. The fourth-order valence-electron chi connectivity index (χ4n) is 2.63. The van der Waals surface area contributed by atoms with Crippen molar-refractivity contribution in [1.82, 2.24) is 10.6 Å². The van der Waals surface area contributed by atoms with E-state index in [1.165, 1.54) is 0 Å². The minimum atomic E-state index is -0.363. The van der Waals surface area contributed by atoms with Crippen molar-refractivity contribution < 1.29 is 9.59 Å². The Balaban J connectivity index is 0.00000529. The molecule has 0 aromatic heterocycles. The molecule has 0 fully saturated rings. The summed E-state index contributed by atoms with van der Waals surface area (Å²) in [6, 6.07) is 9.05. The summed E-state index contributed by atoms with van der Waals surface area (Å²) in [5, 5.41) is 5.84. The van der Waals surface area contributed by atoms with Gasteiger partial charge in [0.2, 0.25) is 5.91 Å². The highest BCUT2D eigenvalue weighted by atomic mass is 35.5. The number of benzene rings is 1. The van der Waals surface area contributed by atoms with Crippen molar-refractivity contribution in [3.05, 3.63) is 35.9 Å². The zero-order chi connectivity index (χ0) is 17.3. The summed E-state index contributed by atoms with van der Waals surface area (Å²) in [6.45, 7) is 7.09. The molecule has 1 rings (SSSR count). The second-order valence-electron chi connectivity index (χ2n) is 6.64. The number of nitrogens with two attached hydrogens (primary N) is 1. The standard InChI is InChI=1S/C18H29N3O2.ClH/c1-14(2)12-18(3,13-19)21-16(22)10-7-11-20-17(23)15-8-5-4-6-9-15;/h4-6,8-9,14H,7,10-13,19H2,1-3H3,(H,20,23)(H,21,22);1H. The molecule has 6 heteroatoms. The Hall–Kier alpha value is -1.59. The van der Waals surface area contributed by atoms with Crippen LogP contribution in [0.5, 0.6) is 0 Å². The van der Waals surface area contributed by atoms with Gasteiger partial charge >= 0.3 is 0 Å². The van der Waals surface area contributed by atoms with Crippen LogP contribution in [0, 0.1) is 5.92 Å². The van der Waals surface area contributed by atoms with E-state index in [-0.39, 0.29) is 29.8 Å². The average molecular weight is 356 g/mol. The molecule has 0 aliphatic carbocycles. The first kappa shape index (κ1) is 22.4. The van der Waals surface area contributed by atoms with E-state index in [1.54, 1.807) is 12.1 Å². The Morgan fingerprint density at radius 1 is 1.21 bits per heavy atom. The number of rotatable bonds is 9. The van der Waals surface area contributed by atoms with E-state index >= 15 is 0 Å². The maximum Gasteiger partial charge on any atom is 0.251 e. The Morgan fingerprint density at radius 2 is 1.83 bits per heavy atom. The first-order valence-corrected chi connectivity index (χ1v) is 8.20. The number of nitrogens with one attached hydrogen (secondary N) is 2. The lowest BCUT2D eigenvalue weighted by molar-refractivity contribution is -0.123. The molecule has 2 amide bonds. The largest absolute Gasteiger partial charge is 0.352 e. The first-order chi connectivity index (χ1) is 10.9. The van der Waals surface area contributed by atoms with Crippen molar-refractivity contribution in [2.45, 2.75) is 45.6 Å². The van der Waals surface area contributed by atoms with E-state index in [2.05, 4.69) is 24.5 Å². The van der Waals surface area contributed by atoms with Crippen LogP contribution in [0.4, 0.5) is 0 Å². The summed E-state index contributed by atoms with van der Waals surface area (Å²) < 4.78 is 0. The molecule has 0 saturated heterocycles. The van der Waals surface area contributed by atoms with Crippen LogP contribution in [-0.4, -0.2) is 30.4 Å². The van der Waals surface area contributed by atoms with Crippen LogP contribution in [0.3, 0.4) is 0 Å². The molecular formula is C18H30ClN3O2. The summed E-state index contributed by atoms with van der Waals surface area (Å²) in [5.41, 5.74) is 6.06. The van der Waals surface area contributed by atoms with Gasteiger partial charge in [0.15, 0.2) is 0 Å². The maximum absolute atomic E-state index is 12.0. The van der Waals surface area contributed by atoms with Gasteiger partial charge in [0.1, 0.15) is 0 Å². The minimum absolute atomic E-state index is 0. The van der Waals surface area contributed by atoms with Crippen molar-refractivity contribution in [3.63, 3.8) is 0 Å². The van der Waals surface area contributed by atoms with Crippen molar-refractivity contribution in [2.24, 2.45) is 11.7 Å². The topological polar surface area (TPSA) is 84.2 Å². The third-order valence-corrected chi connectivity index (χ3v) is 3.65. The van der Waals surface area contributed by atoms with Gasteiger partial charge in [-0.2, -0.15) is 0 Å². The number of carbonyl (C=O) groups is 2. The summed E-state index contributed by atoms with van der Waals surface area (Å²) in [4.78, 5) is 23.9. The van der Waals surface area contributed by atoms with Crippen LogP contribution in [-0.2, 0) is 4.79 Å². The molecule has 0 spiro atoms. The van der Waals surface area contributed by atoms with Gasteiger partial charge in [0.25, 0.3) is 5.91 Å². The second kappa shape index (κ2) is 11.0. The van der Waals surface area contributed by atoms with Crippen LogP contribution in [0.15, 0.2) is 30.3 Å². The molecule has 1 unspecified atom stereocenters. The highest BCUT2D eigenvalue weighted by Gasteiger charge is 2.25. The van der Waals surface area contributed by atoms with Crippen molar-refractivity contribution in [2.75, 3.05) is 13.1 Å². The van der Waals surface area contributed by atoms with Crippen molar-refractivity contribution in [3.8, 4) is 0 Å². The van der Waals surface area contributed by atoms with Crippen molar-refractivity contribution >= 4 is 24.2 Å². The van der Waals surface area contributed by atoms with E-state index in [0.717, 1.165) is 6.42 Å². The van der Waals surface area contributed by atoms with Gasteiger partial charge in [-0.3, -0.25) is 9.59 Å². The van der Waals surface area contributed by atoms with Gasteiger partial charge in [0.05, 0.1) is 0 Å². The van der Waals surface area contributed by atoms with Gasteiger partial charge < -0.3 is 16.4 Å². The Bertz CT molecular complexity index is 508. The lowest BCUT2D eigenvalue weighted by Crippen LogP contribution is -2.52. The van der Waals surface area contributed by atoms with Gasteiger partial charge in [-0.05, 0) is 37.8 Å². The van der Waals surface area contributed by atoms with E-state index in [1.807, 2.05) is 25.1 Å². The second-order valence-corrected chi connectivity index (χ2v) is 6.64. The monoisotopic (exact) mass is 355 g/mol. The van der Waals surface area contributed by atoms with E-state index < -0.39 is 0 Å². The minimum Gasteiger partial charge on any atom is -0.352 e. The molecule has 1 aromatic rings. The predicted molar refractivity (Wildman–Crippen MR) is 100 cm³/mol. The summed E-state index contributed by atoms with van der Waals surface area (Å²) in [5.74, 6) is 0.333. The molecule has 0 saturated carbocycles. The summed E-state index contributed by atoms with van der Waals surface area (Å²) >= 11 is 0. The molecule has 5 nitrogen and oxygen atoms in total. The Morgan fingerprint density at radius 3 is 2.38 bits per heavy atom. The summed E-state index contributed by atoms with van der Waals surface area (Å²) in [6.07, 6.45) is 1.83. The molecule has 136 valence electrons. The number of amides is 2. The molecule has 4 N–H and O–H groups in total. The molecule has 24 heavy (non-hydrogen) atoms. The fourth-order valence-corrected chi connectivity index (χ4v) is 2.63. The molecule has 0 radical (unpaired) electrons. The number of halogens is 1.